The third-order valence-corrected chi connectivity index (χ3v) is 6.04. The Morgan fingerprint density at radius 2 is 2.03 bits per heavy atom. The van der Waals surface area contributed by atoms with Crippen molar-refractivity contribution in [1.82, 2.24) is 15.5 Å². The molecule has 7 heteroatoms. The molecule has 2 atom stereocenters. The minimum atomic E-state index is -0.619. The van der Waals surface area contributed by atoms with Gasteiger partial charge >= 0.3 is 0 Å². The average Bonchev–Trinajstić information content (AvgIpc) is 3.29. The molecule has 0 aliphatic carbocycles. The summed E-state index contributed by atoms with van der Waals surface area (Å²) in [5.74, 6) is -0.257. The maximum absolute atomic E-state index is 12.6. The molecular weight excluding hydrogens is 368 g/mol. The van der Waals surface area contributed by atoms with Gasteiger partial charge < -0.3 is 20.4 Å². The highest BCUT2D eigenvalue weighted by atomic mass is 16.2. The van der Waals surface area contributed by atoms with Crippen LogP contribution in [0.4, 0.5) is 5.69 Å². The number of likely N-dealkylation sites (N-methyl/N-ethyl adjacent to an activating group) is 1. The molecule has 0 aromatic heterocycles. The van der Waals surface area contributed by atoms with E-state index >= 15 is 0 Å². The van der Waals surface area contributed by atoms with Gasteiger partial charge in [-0.3, -0.25) is 14.4 Å². The molecule has 158 valence electrons. The maximum Gasteiger partial charge on any atom is 0.242 e. The molecule has 2 aliphatic rings. The second-order valence-electron chi connectivity index (χ2n) is 8.38. The summed E-state index contributed by atoms with van der Waals surface area (Å²) in [5.41, 5.74) is 0.504. The zero-order valence-corrected chi connectivity index (χ0v) is 17.6. The summed E-state index contributed by atoms with van der Waals surface area (Å²) in [6, 6.07) is 9.56. The van der Waals surface area contributed by atoms with Crippen molar-refractivity contribution in [3.8, 4) is 0 Å². The lowest BCUT2D eigenvalue weighted by Crippen LogP contribution is -2.44. The predicted molar refractivity (Wildman–Crippen MR) is 112 cm³/mol. The molecule has 3 amide bonds. The van der Waals surface area contributed by atoms with Crippen molar-refractivity contribution in [1.29, 1.82) is 0 Å². The van der Waals surface area contributed by atoms with Crippen LogP contribution >= 0.6 is 0 Å². The molecule has 1 aromatic carbocycles. The van der Waals surface area contributed by atoms with Crippen LogP contribution < -0.4 is 15.5 Å². The van der Waals surface area contributed by atoms with Gasteiger partial charge in [0.1, 0.15) is 6.04 Å². The largest absolute Gasteiger partial charge is 0.370 e. The van der Waals surface area contributed by atoms with E-state index < -0.39 is 11.5 Å². The smallest absolute Gasteiger partial charge is 0.242 e. The van der Waals surface area contributed by atoms with Crippen LogP contribution in [-0.4, -0.2) is 61.4 Å². The van der Waals surface area contributed by atoms with Crippen LogP contribution in [0.25, 0.3) is 0 Å². The number of hydrogen-bond donors (Lipinski definition) is 2. The molecule has 0 bridgehead atoms. The predicted octanol–water partition coefficient (Wildman–Crippen LogP) is 1.39. The second-order valence-corrected chi connectivity index (χ2v) is 8.38. The Balaban J connectivity index is 1.51. The normalized spacial score (nSPS) is 23.5. The van der Waals surface area contributed by atoms with E-state index in [4.69, 9.17) is 0 Å². The third kappa shape index (κ3) is 4.54. The van der Waals surface area contributed by atoms with Crippen molar-refractivity contribution >= 4 is 23.4 Å². The molecular formula is C22H32N4O3. The van der Waals surface area contributed by atoms with Crippen LogP contribution in [0.15, 0.2) is 30.3 Å². The first kappa shape index (κ1) is 21.1. The van der Waals surface area contributed by atoms with Gasteiger partial charge in [0.05, 0.1) is 5.41 Å². The first-order valence-corrected chi connectivity index (χ1v) is 10.5. The number of carbonyl (C=O) groups is 3. The number of para-hydroxylation sites is 1. The Morgan fingerprint density at radius 1 is 1.31 bits per heavy atom. The molecule has 1 spiro atoms. The van der Waals surface area contributed by atoms with Crippen LogP contribution in [0.2, 0.25) is 0 Å². The molecule has 2 fully saturated rings. The van der Waals surface area contributed by atoms with Crippen LogP contribution in [0.3, 0.4) is 0 Å². The Kier molecular flexibility index (Phi) is 6.45. The monoisotopic (exact) mass is 400 g/mol. The minimum absolute atomic E-state index is 0.0724. The van der Waals surface area contributed by atoms with Crippen LogP contribution in [0.1, 0.15) is 33.6 Å². The lowest BCUT2D eigenvalue weighted by molar-refractivity contribution is -0.134. The number of amides is 3. The Bertz CT molecular complexity index is 752. The summed E-state index contributed by atoms with van der Waals surface area (Å²) in [5, 5.41) is 5.82. The van der Waals surface area contributed by atoms with Gasteiger partial charge in [0.25, 0.3) is 0 Å². The van der Waals surface area contributed by atoms with E-state index in [2.05, 4.69) is 34.6 Å². The SMILES string of the molecule is CCN(CCNC(=O)[C@@H]1C[C@@]2(CCN(C(=O)C(C)C)C2)C(=O)N1)c1ccccc1. The maximum atomic E-state index is 12.6. The van der Waals surface area contributed by atoms with Gasteiger partial charge in [-0.2, -0.15) is 0 Å². The van der Waals surface area contributed by atoms with Gasteiger partial charge in [0, 0.05) is 44.3 Å². The molecule has 2 N–H and O–H groups in total. The zero-order chi connectivity index (χ0) is 21.0. The topological polar surface area (TPSA) is 81.8 Å². The van der Waals surface area contributed by atoms with E-state index in [9.17, 15) is 14.4 Å². The molecule has 0 unspecified atom stereocenters. The highest BCUT2D eigenvalue weighted by Crippen LogP contribution is 2.39. The summed E-state index contributed by atoms with van der Waals surface area (Å²) in [6.45, 7) is 8.88. The summed E-state index contributed by atoms with van der Waals surface area (Å²) in [4.78, 5) is 41.5. The summed E-state index contributed by atoms with van der Waals surface area (Å²) in [7, 11) is 0. The zero-order valence-electron chi connectivity index (χ0n) is 17.6. The lowest BCUT2D eigenvalue weighted by Gasteiger charge is -2.24. The second kappa shape index (κ2) is 8.84. The number of carbonyl (C=O) groups excluding carboxylic acids is 3. The lowest BCUT2D eigenvalue weighted by atomic mass is 9.84. The van der Waals surface area contributed by atoms with Crippen molar-refractivity contribution in [3.05, 3.63) is 30.3 Å². The molecule has 2 aliphatic heterocycles. The average molecular weight is 401 g/mol. The number of nitrogens with zero attached hydrogens (tertiary/aromatic N) is 2. The number of hydrogen-bond acceptors (Lipinski definition) is 4. The number of nitrogens with one attached hydrogen (secondary N) is 2. The standard InChI is InChI=1S/C22H32N4O3/c1-4-25(17-8-6-5-7-9-17)13-11-23-19(27)18-14-22(21(29)24-18)10-12-26(15-22)20(28)16(2)3/h5-9,16,18H,4,10-15H2,1-3H3,(H,23,27)(H,24,29)/t18-,22+/m0/s1. The van der Waals surface area contributed by atoms with Gasteiger partial charge in [-0.15, -0.1) is 0 Å². The van der Waals surface area contributed by atoms with Crippen molar-refractivity contribution in [2.75, 3.05) is 37.6 Å². The summed E-state index contributed by atoms with van der Waals surface area (Å²) in [6.07, 6.45) is 1.08. The van der Waals surface area contributed by atoms with E-state index in [1.165, 1.54) is 0 Å². The minimum Gasteiger partial charge on any atom is -0.370 e. The van der Waals surface area contributed by atoms with Crippen molar-refractivity contribution in [3.63, 3.8) is 0 Å². The van der Waals surface area contributed by atoms with Gasteiger partial charge in [-0.1, -0.05) is 32.0 Å². The number of anilines is 1. The molecule has 0 saturated carbocycles. The van der Waals surface area contributed by atoms with E-state index in [0.29, 0.717) is 39.0 Å². The number of likely N-dealkylation sites (tertiary alicyclic amines) is 1. The molecule has 0 radical (unpaired) electrons. The van der Waals surface area contributed by atoms with Crippen LogP contribution in [0.5, 0.6) is 0 Å². The van der Waals surface area contributed by atoms with E-state index in [-0.39, 0.29) is 23.6 Å². The quantitative estimate of drug-likeness (QED) is 0.725. The Labute approximate surface area is 172 Å². The molecule has 2 saturated heterocycles. The van der Waals surface area contributed by atoms with E-state index in [1.54, 1.807) is 4.90 Å². The van der Waals surface area contributed by atoms with Gasteiger partial charge in [0.2, 0.25) is 17.7 Å². The van der Waals surface area contributed by atoms with E-state index in [0.717, 1.165) is 12.2 Å². The number of benzene rings is 1. The Hall–Kier alpha value is -2.57. The molecule has 29 heavy (non-hydrogen) atoms. The van der Waals surface area contributed by atoms with Gasteiger partial charge in [-0.05, 0) is 31.9 Å². The fraction of sp³-hybridized carbons (Fsp3) is 0.591. The van der Waals surface area contributed by atoms with Crippen molar-refractivity contribution < 1.29 is 14.4 Å². The summed E-state index contributed by atoms with van der Waals surface area (Å²) < 4.78 is 0. The molecule has 2 heterocycles. The highest BCUT2D eigenvalue weighted by molar-refractivity contribution is 5.95. The van der Waals surface area contributed by atoms with Gasteiger partial charge in [-0.25, -0.2) is 0 Å². The first-order chi connectivity index (χ1) is 13.9. The van der Waals surface area contributed by atoms with Crippen molar-refractivity contribution in [2.24, 2.45) is 11.3 Å². The Morgan fingerprint density at radius 3 is 2.69 bits per heavy atom. The fourth-order valence-electron chi connectivity index (χ4n) is 4.33. The molecule has 7 nitrogen and oxygen atoms in total. The van der Waals surface area contributed by atoms with E-state index in [1.807, 2.05) is 32.0 Å². The summed E-state index contributed by atoms with van der Waals surface area (Å²) >= 11 is 0. The first-order valence-electron chi connectivity index (χ1n) is 10.5. The van der Waals surface area contributed by atoms with Gasteiger partial charge in [0.15, 0.2) is 0 Å². The third-order valence-electron chi connectivity index (χ3n) is 6.04. The fourth-order valence-corrected chi connectivity index (χ4v) is 4.33. The van der Waals surface area contributed by atoms with Crippen molar-refractivity contribution in [2.45, 2.75) is 39.7 Å². The molecule has 3 rings (SSSR count). The van der Waals surface area contributed by atoms with Crippen LogP contribution in [-0.2, 0) is 14.4 Å². The van der Waals surface area contributed by atoms with Crippen LogP contribution in [0, 0.1) is 11.3 Å². The number of rotatable bonds is 7. The highest BCUT2D eigenvalue weighted by Gasteiger charge is 2.53. The molecule has 1 aromatic rings.